The third-order valence-corrected chi connectivity index (χ3v) is 7.08. The van der Waals surface area contributed by atoms with E-state index in [1.165, 1.54) is 21.1 Å². The fourth-order valence-electron chi connectivity index (χ4n) is 3.43. The first kappa shape index (κ1) is 23.8. The zero-order valence-electron chi connectivity index (χ0n) is 17.9. The van der Waals surface area contributed by atoms with Crippen LogP contribution in [0.5, 0.6) is 0 Å². The first-order chi connectivity index (χ1) is 16.1. The molecule has 0 aliphatic heterocycles. The van der Waals surface area contributed by atoms with Crippen molar-refractivity contribution in [3.8, 4) is 16.8 Å². The maximum Gasteiger partial charge on any atom is 0.416 e. The molecule has 0 aliphatic rings. The average molecular weight is 506 g/mol. The van der Waals surface area contributed by atoms with Gasteiger partial charge in [-0.25, -0.2) is 17.4 Å². The van der Waals surface area contributed by atoms with E-state index in [-0.39, 0.29) is 5.75 Å². The second-order valence-electron chi connectivity index (χ2n) is 7.41. The number of rotatable bonds is 6. The number of hydrogen-bond acceptors (Lipinski definition) is 3. The summed E-state index contributed by atoms with van der Waals surface area (Å²) in [6.45, 7) is 1.56. The number of alkyl halides is 3. The fraction of sp³-hybridized carbons (Fsp3) is 0.125. The van der Waals surface area contributed by atoms with E-state index in [2.05, 4.69) is 5.10 Å². The molecule has 10 heteroatoms. The van der Waals surface area contributed by atoms with Crippen molar-refractivity contribution in [3.05, 3.63) is 95.8 Å². The van der Waals surface area contributed by atoms with Gasteiger partial charge < -0.3 is 0 Å². The number of hydrogen-bond donors (Lipinski definition) is 0. The summed E-state index contributed by atoms with van der Waals surface area (Å²) < 4.78 is 67.0. The van der Waals surface area contributed by atoms with Crippen LogP contribution in [0, 0.1) is 0 Å². The summed E-state index contributed by atoms with van der Waals surface area (Å²) in [7, 11) is -3.67. The van der Waals surface area contributed by atoms with Crippen LogP contribution < -0.4 is 4.31 Å². The Labute approximate surface area is 200 Å². The third-order valence-electron chi connectivity index (χ3n) is 5.14. The molecule has 0 aliphatic carbocycles. The lowest BCUT2D eigenvalue weighted by Crippen LogP contribution is -2.27. The number of benzene rings is 3. The smallest absolute Gasteiger partial charge is 0.240 e. The summed E-state index contributed by atoms with van der Waals surface area (Å²) in [5.74, 6) is -0.115. The quantitative estimate of drug-likeness (QED) is 0.293. The van der Waals surface area contributed by atoms with Crippen LogP contribution in [0.15, 0.2) is 85.2 Å². The van der Waals surface area contributed by atoms with Crippen molar-refractivity contribution >= 4 is 33.0 Å². The van der Waals surface area contributed by atoms with Gasteiger partial charge in [0, 0.05) is 16.8 Å². The van der Waals surface area contributed by atoms with Crippen molar-refractivity contribution in [2.45, 2.75) is 13.1 Å². The van der Waals surface area contributed by atoms with Crippen LogP contribution in [0.4, 0.5) is 24.5 Å². The Morgan fingerprint density at radius 1 is 0.941 bits per heavy atom. The molecule has 1 aromatic heterocycles. The minimum Gasteiger partial charge on any atom is -0.240 e. The van der Waals surface area contributed by atoms with Gasteiger partial charge in [0.05, 0.1) is 34.6 Å². The Bertz CT molecular complexity index is 1420. The highest BCUT2D eigenvalue weighted by Crippen LogP contribution is 2.34. The van der Waals surface area contributed by atoms with E-state index in [1.54, 1.807) is 67.8 Å². The van der Waals surface area contributed by atoms with Crippen LogP contribution in [-0.4, -0.2) is 24.0 Å². The molecule has 4 aromatic rings. The lowest BCUT2D eigenvalue weighted by molar-refractivity contribution is -0.137. The van der Waals surface area contributed by atoms with Crippen molar-refractivity contribution < 1.29 is 21.6 Å². The second-order valence-corrected chi connectivity index (χ2v) is 9.96. The highest BCUT2D eigenvalue weighted by Gasteiger charge is 2.30. The summed E-state index contributed by atoms with van der Waals surface area (Å²) in [4.78, 5) is 0. The SMILES string of the molecule is CCS(=O)(=O)N(c1cccc(Cl)c1)c1cccc(-c2cnn(-c3ccc(C(F)(F)F)cc3)c2)c1. The van der Waals surface area contributed by atoms with Crippen molar-refractivity contribution in [2.24, 2.45) is 0 Å². The predicted molar refractivity (Wildman–Crippen MR) is 127 cm³/mol. The van der Waals surface area contributed by atoms with E-state index in [9.17, 15) is 21.6 Å². The molecule has 3 aromatic carbocycles. The molecule has 0 saturated carbocycles. The number of nitrogens with zero attached hydrogens (tertiary/aromatic N) is 3. The molecule has 34 heavy (non-hydrogen) atoms. The lowest BCUT2D eigenvalue weighted by Gasteiger charge is -2.24. The zero-order valence-corrected chi connectivity index (χ0v) is 19.4. The average Bonchev–Trinajstić information content (AvgIpc) is 3.29. The van der Waals surface area contributed by atoms with Gasteiger partial charge >= 0.3 is 6.18 Å². The summed E-state index contributed by atoms with van der Waals surface area (Å²) in [5.41, 5.74) is 1.91. The molecule has 0 saturated heterocycles. The Morgan fingerprint density at radius 2 is 1.59 bits per heavy atom. The molecule has 0 unspecified atom stereocenters. The third kappa shape index (κ3) is 4.95. The summed E-state index contributed by atoms with van der Waals surface area (Å²) in [6, 6.07) is 18.1. The van der Waals surface area contributed by atoms with Gasteiger partial charge in [0.25, 0.3) is 0 Å². The van der Waals surface area contributed by atoms with E-state index in [4.69, 9.17) is 11.6 Å². The maximum absolute atomic E-state index is 12.9. The topological polar surface area (TPSA) is 55.2 Å². The summed E-state index contributed by atoms with van der Waals surface area (Å²) in [5, 5.41) is 4.66. The first-order valence-corrected chi connectivity index (χ1v) is 12.2. The van der Waals surface area contributed by atoms with Gasteiger partial charge in [0.1, 0.15) is 0 Å². The van der Waals surface area contributed by atoms with E-state index in [0.29, 0.717) is 33.2 Å². The van der Waals surface area contributed by atoms with Crippen LogP contribution >= 0.6 is 11.6 Å². The van der Waals surface area contributed by atoms with Gasteiger partial charge in [-0.1, -0.05) is 29.8 Å². The van der Waals surface area contributed by atoms with Crippen molar-refractivity contribution in [1.82, 2.24) is 9.78 Å². The monoisotopic (exact) mass is 505 g/mol. The molecule has 176 valence electrons. The Kier molecular flexibility index (Phi) is 6.42. The second kappa shape index (κ2) is 9.15. The molecule has 0 fully saturated rings. The minimum absolute atomic E-state index is 0.115. The van der Waals surface area contributed by atoms with E-state index >= 15 is 0 Å². The molecule has 0 bridgehead atoms. The van der Waals surface area contributed by atoms with Gasteiger partial charge in [-0.2, -0.15) is 18.3 Å². The van der Waals surface area contributed by atoms with Gasteiger partial charge in [0.2, 0.25) is 10.0 Å². The molecular weight excluding hydrogens is 487 g/mol. The zero-order chi connectivity index (χ0) is 24.5. The van der Waals surface area contributed by atoms with Gasteiger partial charge in [-0.15, -0.1) is 0 Å². The predicted octanol–water partition coefficient (Wildman–Crippen LogP) is 6.70. The maximum atomic E-state index is 12.9. The van der Waals surface area contributed by atoms with Gasteiger partial charge in [0.15, 0.2) is 0 Å². The van der Waals surface area contributed by atoms with Crippen molar-refractivity contribution in [3.63, 3.8) is 0 Å². The molecular formula is C24H19ClF3N3O2S. The van der Waals surface area contributed by atoms with Crippen LogP contribution in [0.2, 0.25) is 5.02 Å². The lowest BCUT2D eigenvalue weighted by atomic mass is 10.1. The first-order valence-electron chi connectivity index (χ1n) is 10.2. The Balaban J connectivity index is 1.70. The normalized spacial score (nSPS) is 12.0. The molecule has 4 rings (SSSR count). The number of halogens is 4. The number of sulfonamides is 1. The summed E-state index contributed by atoms with van der Waals surface area (Å²) in [6.07, 6.45) is -1.18. The van der Waals surface area contributed by atoms with E-state index < -0.39 is 21.8 Å². The standard InChI is InChI=1S/C24H19ClF3N3O2S/c1-2-34(32,33)31(23-8-4-6-20(25)14-23)22-7-3-5-17(13-22)18-15-29-30(16-18)21-11-9-19(10-12-21)24(26,27)28/h3-16H,2H2,1H3. The van der Waals surface area contributed by atoms with Crippen molar-refractivity contribution in [1.29, 1.82) is 0 Å². The molecule has 1 heterocycles. The van der Waals surface area contributed by atoms with E-state index in [1.807, 2.05) is 0 Å². The largest absolute Gasteiger partial charge is 0.416 e. The molecule has 0 N–H and O–H groups in total. The molecule has 0 amide bonds. The fourth-order valence-corrected chi connectivity index (χ4v) is 4.74. The van der Waals surface area contributed by atoms with Gasteiger partial charge in [-0.3, -0.25) is 0 Å². The Hall–Kier alpha value is -3.30. The molecule has 0 spiro atoms. The van der Waals surface area contributed by atoms with Gasteiger partial charge in [-0.05, 0) is 67.1 Å². The number of anilines is 2. The Morgan fingerprint density at radius 3 is 2.21 bits per heavy atom. The number of aromatic nitrogens is 2. The van der Waals surface area contributed by atoms with Crippen LogP contribution in [-0.2, 0) is 16.2 Å². The molecule has 5 nitrogen and oxygen atoms in total. The van der Waals surface area contributed by atoms with Crippen LogP contribution in [0.3, 0.4) is 0 Å². The summed E-state index contributed by atoms with van der Waals surface area (Å²) >= 11 is 6.10. The van der Waals surface area contributed by atoms with Crippen molar-refractivity contribution in [2.75, 3.05) is 10.1 Å². The highest BCUT2D eigenvalue weighted by molar-refractivity contribution is 7.93. The van der Waals surface area contributed by atoms with Crippen LogP contribution in [0.1, 0.15) is 12.5 Å². The minimum atomic E-state index is -4.41. The highest BCUT2D eigenvalue weighted by atomic mass is 35.5. The molecule has 0 radical (unpaired) electrons. The molecule has 0 atom stereocenters. The van der Waals surface area contributed by atoms with E-state index in [0.717, 1.165) is 12.1 Å². The van der Waals surface area contributed by atoms with Crippen LogP contribution in [0.25, 0.3) is 16.8 Å².